The Labute approximate surface area is 400 Å². The van der Waals surface area contributed by atoms with Crippen molar-refractivity contribution in [1.29, 1.82) is 0 Å². The molecule has 6 heterocycles. The number of nitrogens with zero attached hydrogens (tertiary/aromatic N) is 5. The van der Waals surface area contributed by atoms with Crippen LogP contribution in [-0.4, -0.2) is 83.6 Å². The number of aryl methyl sites for hydroxylation is 4. The third-order valence-corrected chi connectivity index (χ3v) is 13.6. The molecule has 2 aromatic carbocycles. The van der Waals surface area contributed by atoms with Gasteiger partial charge in [0.2, 0.25) is 0 Å². The fourth-order valence-electron chi connectivity index (χ4n) is 9.90. The van der Waals surface area contributed by atoms with E-state index in [0.29, 0.717) is 41.3 Å². The Morgan fingerprint density at radius 3 is 1.65 bits per heavy atom. The van der Waals surface area contributed by atoms with Crippen molar-refractivity contribution in [1.82, 2.24) is 19.8 Å². The van der Waals surface area contributed by atoms with Crippen LogP contribution in [-0.2, 0) is 50.8 Å². The van der Waals surface area contributed by atoms with E-state index < -0.39 is 60.0 Å². The van der Waals surface area contributed by atoms with Gasteiger partial charge in [-0.2, -0.15) is 26.3 Å². The molecule has 6 atom stereocenters. The van der Waals surface area contributed by atoms with Crippen molar-refractivity contribution >= 4 is 18.0 Å². The lowest BCUT2D eigenvalue weighted by atomic mass is 9.92. The lowest BCUT2D eigenvalue weighted by Crippen LogP contribution is -2.35. The number of hydrogen-bond donors (Lipinski definition) is 0. The van der Waals surface area contributed by atoms with Crippen molar-refractivity contribution in [3.8, 4) is 0 Å². The molecule has 4 aliphatic rings. The number of halogens is 6. The summed E-state index contributed by atoms with van der Waals surface area (Å²) in [6.07, 6.45) is -1.16. The SMILES string of the molecule is Cc1cc([C@H]2OC(=O)N(Cc3cc(C)cnc3CC3CCCOCC3)[C@H]2C)cc(C(F)(F)F)c1.Cc1cc([C@H]2OC(=O)N(Cc3cc(C)cnc3N(C)C3CCCOCC3)[C@H]2C)cc(C(F)(F)F)c1. The van der Waals surface area contributed by atoms with Gasteiger partial charge in [-0.05, 0) is 151 Å². The minimum atomic E-state index is -4.47. The fourth-order valence-corrected chi connectivity index (χ4v) is 9.90. The van der Waals surface area contributed by atoms with E-state index in [2.05, 4.69) is 14.9 Å². The summed E-state index contributed by atoms with van der Waals surface area (Å²) >= 11 is 0. The molecule has 374 valence electrons. The van der Waals surface area contributed by atoms with E-state index >= 15 is 0 Å². The number of pyridine rings is 2. The standard InChI is InChI=1S/C26H32F3N3O3.C26H31F3N2O3/c1-16-10-19(13-21(12-16)26(27,28)29)23-18(3)32(25(33)35-23)15-20-11-17(2)14-30-24(20)31(4)22-6-5-8-34-9-7-22;1-16-9-20(13-22(11-16)26(27,28)29)24-18(3)31(25(32)34-24)15-21-10-17(2)14-30-23(21)12-19-5-4-7-33-8-6-19/h10-14,18,22-23H,5-9,15H2,1-4H3;9-11,13-14,18-19,24H,4-8,12,15H2,1-3H3/t18-,22?,23-;18-,19?,24-/m00/s1. The molecule has 4 aromatic rings. The summed E-state index contributed by atoms with van der Waals surface area (Å²) in [6, 6.07) is 11.1. The van der Waals surface area contributed by atoms with E-state index in [0.717, 1.165) is 123 Å². The van der Waals surface area contributed by atoms with Crippen molar-refractivity contribution in [2.75, 3.05) is 38.4 Å². The highest BCUT2D eigenvalue weighted by atomic mass is 19.4. The van der Waals surface area contributed by atoms with Crippen LogP contribution in [0.4, 0.5) is 41.7 Å². The van der Waals surface area contributed by atoms with Gasteiger partial charge in [0.15, 0.2) is 0 Å². The molecule has 11 nitrogen and oxygen atoms in total. The molecule has 2 unspecified atom stereocenters. The van der Waals surface area contributed by atoms with Gasteiger partial charge in [0.25, 0.3) is 0 Å². The highest BCUT2D eigenvalue weighted by Crippen LogP contribution is 2.40. The van der Waals surface area contributed by atoms with Gasteiger partial charge in [-0.3, -0.25) is 14.8 Å². The van der Waals surface area contributed by atoms with Crippen LogP contribution in [0.5, 0.6) is 0 Å². The molecule has 0 spiro atoms. The highest BCUT2D eigenvalue weighted by Gasteiger charge is 2.43. The van der Waals surface area contributed by atoms with E-state index in [1.165, 1.54) is 0 Å². The number of carbonyl (C=O) groups is 2. The van der Waals surface area contributed by atoms with Gasteiger partial charge < -0.3 is 23.8 Å². The zero-order chi connectivity index (χ0) is 49.8. The van der Waals surface area contributed by atoms with Crippen LogP contribution in [0.3, 0.4) is 0 Å². The topological polar surface area (TPSA) is 107 Å². The number of ether oxygens (including phenoxy) is 4. The first-order valence-corrected chi connectivity index (χ1v) is 23.8. The first kappa shape index (κ1) is 51.4. The predicted molar refractivity (Wildman–Crippen MR) is 247 cm³/mol. The lowest BCUT2D eigenvalue weighted by molar-refractivity contribution is -0.138. The van der Waals surface area contributed by atoms with Crippen molar-refractivity contribution in [2.45, 2.75) is 142 Å². The van der Waals surface area contributed by atoms with Gasteiger partial charge in [-0.15, -0.1) is 0 Å². The van der Waals surface area contributed by atoms with Crippen LogP contribution in [0.2, 0.25) is 0 Å². The summed E-state index contributed by atoms with van der Waals surface area (Å²) in [7, 11) is 2.01. The summed E-state index contributed by atoms with van der Waals surface area (Å²) in [5.74, 6) is 1.26. The molecule has 0 bridgehead atoms. The van der Waals surface area contributed by atoms with Gasteiger partial charge in [0.05, 0.1) is 36.3 Å². The molecule has 0 N–H and O–H groups in total. The summed E-state index contributed by atoms with van der Waals surface area (Å²) in [5, 5.41) is 0. The average molecular weight is 968 g/mol. The molecule has 0 saturated carbocycles. The first-order valence-electron chi connectivity index (χ1n) is 23.8. The molecule has 2 amide bonds. The zero-order valence-electron chi connectivity index (χ0n) is 40.4. The van der Waals surface area contributed by atoms with E-state index in [4.69, 9.17) is 18.9 Å². The molecular weight excluding hydrogens is 905 g/mol. The maximum absolute atomic E-state index is 13.4. The minimum Gasteiger partial charge on any atom is -0.439 e. The lowest BCUT2D eigenvalue weighted by Gasteiger charge is -2.31. The number of alkyl halides is 6. The van der Waals surface area contributed by atoms with Crippen molar-refractivity contribution in [3.05, 3.63) is 122 Å². The molecule has 17 heteroatoms. The first-order chi connectivity index (χ1) is 32.7. The Morgan fingerprint density at radius 2 is 1.10 bits per heavy atom. The van der Waals surface area contributed by atoms with Crippen molar-refractivity contribution < 1.29 is 54.9 Å². The number of anilines is 1. The van der Waals surface area contributed by atoms with Gasteiger partial charge in [0, 0.05) is 63.2 Å². The Balaban J connectivity index is 0.000000204. The Kier molecular flexibility index (Phi) is 16.2. The number of benzene rings is 2. The second-order valence-electron chi connectivity index (χ2n) is 19.1. The quantitative estimate of drug-likeness (QED) is 0.144. The summed E-state index contributed by atoms with van der Waals surface area (Å²) in [5.41, 5.74) is 4.92. The maximum atomic E-state index is 13.4. The third-order valence-electron chi connectivity index (χ3n) is 13.6. The van der Waals surface area contributed by atoms with Gasteiger partial charge in [0.1, 0.15) is 18.0 Å². The Hall–Kier alpha value is -5.42. The molecule has 4 fully saturated rings. The number of cyclic esters (lactones) is 2. The third kappa shape index (κ3) is 12.7. The Morgan fingerprint density at radius 1 is 0.609 bits per heavy atom. The van der Waals surface area contributed by atoms with Crippen LogP contribution in [0.15, 0.2) is 60.9 Å². The van der Waals surface area contributed by atoms with Gasteiger partial charge in [-0.25, -0.2) is 14.6 Å². The van der Waals surface area contributed by atoms with E-state index in [9.17, 15) is 35.9 Å². The van der Waals surface area contributed by atoms with Crippen LogP contribution in [0, 0.1) is 33.6 Å². The minimum absolute atomic E-state index is 0.256. The smallest absolute Gasteiger partial charge is 0.416 e. The summed E-state index contributed by atoms with van der Waals surface area (Å²) in [6.45, 7) is 14.3. The zero-order valence-corrected chi connectivity index (χ0v) is 40.4. The molecule has 2 aromatic heterocycles. The molecule has 4 aliphatic heterocycles. The van der Waals surface area contributed by atoms with Gasteiger partial charge >= 0.3 is 24.5 Å². The number of hydrogen-bond acceptors (Lipinski definition) is 9. The van der Waals surface area contributed by atoms with E-state index in [1.807, 2.05) is 52.3 Å². The van der Waals surface area contributed by atoms with Crippen LogP contribution in [0.25, 0.3) is 0 Å². The monoisotopic (exact) mass is 967 g/mol. The second-order valence-corrected chi connectivity index (χ2v) is 19.1. The molecule has 69 heavy (non-hydrogen) atoms. The number of aromatic nitrogens is 2. The van der Waals surface area contributed by atoms with E-state index in [1.54, 1.807) is 42.7 Å². The summed E-state index contributed by atoms with van der Waals surface area (Å²) < 4.78 is 103. The molecule has 4 saturated heterocycles. The molecule has 0 aliphatic carbocycles. The largest absolute Gasteiger partial charge is 0.439 e. The average Bonchev–Trinajstić information content (AvgIpc) is 3.50. The second kappa shape index (κ2) is 21.7. The maximum Gasteiger partial charge on any atom is 0.416 e. The fraction of sp³-hybridized carbons (Fsp3) is 0.538. The van der Waals surface area contributed by atoms with Crippen LogP contribution in [0.1, 0.15) is 126 Å². The van der Waals surface area contributed by atoms with Crippen molar-refractivity contribution in [3.63, 3.8) is 0 Å². The Bertz CT molecular complexity index is 2430. The van der Waals surface area contributed by atoms with Gasteiger partial charge in [-0.1, -0.05) is 29.3 Å². The van der Waals surface area contributed by atoms with E-state index in [-0.39, 0.29) is 12.6 Å². The van der Waals surface area contributed by atoms with Crippen LogP contribution >= 0.6 is 0 Å². The van der Waals surface area contributed by atoms with Crippen LogP contribution < -0.4 is 4.90 Å². The normalized spacial score (nSPS) is 23.4. The predicted octanol–water partition coefficient (Wildman–Crippen LogP) is 12.0. The highest BCUT2D eigenvalue weighted by molar-refractivity contribution is 5.72. The van der Waals surface area contributed by atoms with Crippen molar-refractivity contribution in [2.24, 2.45) is 5.92 Å². The number of rotatable bonds is 10. The molecule has 8 rings (SSSR count). The molecular formula is C52H63F6N5O6. The summed E-state index contributed by atoms with van der Waals surface area (Å²) in [4.78, 5) is 40.4. The molecule has 0 radical (unpaired) electrons. The number of amides is 2. The number of carbonyl (C=O) groups excluding carboxylic acids is 2.